The van der Waals surface area contributed by atoms with Crippen molar-refractivity contribution in [2.24, 2.45) is 0 Å². The molecular weight excluding hydrogens is 211 g/mol. The van der Waals surface area contributed by atoms with Crippen molar-refractivity contribution in [1.29, 1.82) is 0 Å². The highest BCUT2D eigenvalue weighted by molar-refractivity contribution is 5.90. The Bertz CT molecular complexity index is 369. The second kappa shape index (κ2) is 6.07. The van der Waals surface area contributed by atoms with E-state index in [2.05, 4.69) is 15.4 Å². The highest BCUT2D eigenvalue weighted by Gasteiger charge is 2.11. The van der Waals surface area contributed by atoms with E-state index >= 15 is 0 Å². The van der Waals surface area contributed by atoms with Crippen molar-refractivity contribution in [3.63, 3.8) is 0 Å². The zero-order chi connectivity index (χ0) is 12.0. The van der Waals surface area contributed by atoms with Gasteiger partial charge in [-0.05, 0) is 25.2 Å². The quantitative estimate of drug-likeness (QED) is 0.586. The molecule has 0 aliphatic rings. The first kappa shape index (κ1) is 12.4. The van der Waals surface area contributed by atoms with E-state index in [1.165, 1.54) is 19.2 Å². The fourth-order valence-corrected chi connectivity index (χ4v) is 1.23. The number of nitrogens with one attached hydrogen (secondary N) is 2. The largest absolute Gasteiger partial charge is 0.465 e. The van der Waals surface area contributed by atoms with Crippen molar-refractivity contribution in [3.05, 3.63) is 29.6 Å². The van der Waals surface area contributed by atoms with Gasteiger partial charge in [-0.3, -0.25) is 0 Å². The van der Waals surface area contributed by atoms with Gasteiger partial charge >= 0.3 is 5.97 Å². The maximum Gasteiger partial charge on any atom is 0.340 e. The van der Waals surface area contributed by atoms with Crippen molar-refractivity contribution < 1.29 is 13.9 Å². The summed E-state index contributed by atoms with van der Waals surface area (Å²) in [4.78, 5) is 11.1. The summed E-state index contributed by atoms with van der Waals surface area (Å²) in [5.41, 5.74) is 0.585. The van der Waals surface area contributed by atoms with E-state index in [9.17, 15) is 9.18 Å². The molecule has 0 spiro atoms. The number of methoxy groups -OCH3 is 1. The SMILES string of the molecule is CNCCNc1ccc(C(=O)OC)c(F)c1. The molecule has 4 nitrogen and oxygen atoms in total. The summed E-state index contributed by atoms with van der Waals surface area (Å²) < 4.78 is 17.9. The van der Waals surface area contributed by atoms with Gasteiger partial charge in [0, 0.05) is 18.8 Å². The number of carbonyl (C=O) groups excluding carboxylic acids is 1. The third-order valence-corrected chi connectivity index (χ3v) is 2.08. The Morgan fingerprint density at radius 3 is 2.75 bits per heavy atom. The maximum atomic E-state index is 13.4. The van der Waals surface area contributed by atoms with Crippen molar-refractivity contribution in [1.82, 2.24) is 5.32 Å². The summed E-state index contributed by atoms with van der Waals surface area (Å²) in [7, 11) is 3.06. The van der Waals surface area contributed by atoms with Crippen LogP contribution in [0.3, 0.4) is 0 Å². The van der Waals surface area contributed by atoms with E-state index in [-0.39, 0.29) is 5.56 Å². The van der Waals surface area contributed by atoms with Crippen LogP contribution in [0.25, 0.3) is 0 Å². The lowest BCUT2D eigenvalue weighted by Gasteiger charge is -2.07. The molecule has 1 rings (SSSR count). The lowest BCUT2D eigenvalue weighted by Crippen LogP contribution is -2.17. The number of rotatable bonds is 5. The van der Waals surface area contributed by atoms with E-state index < -0.39 is 11.8 Å². The van der Waals surface area contributed by atoms with Crippen LogP contribution in [0.1, 0.15) is 10.4 Å². The normalized spacial score (nSPS) is 9.94. The molecule has 2 N–H and O–H groups in total. The Balaban J connectivity index is 2.71. The number of benzene rings is 1. The van der Waals surface area contributed by atoms with E-state index in [0.29, 0.717) is 12.2 Å². The van der Waals surface area contributed by atoms with Gasteiger partial charge in [-0.1, -0.05) is 0 Å². The lowest BCUT2D eigenvalue weighted by molar-refractivity contribution is 0.0595. The average Bonchev–Trinajstić information content (AvgIpc) is 2.29. The average molecular weight is 226 g/mol. The minimum Gasteiger partial charge on any atom is -0.465 e. The predicted octanol–water partition coefficient (Wildman–Crippen LogP) is 1.24. The van der Waals surface area contributed by atoms with Crippen LogP contribution in [0.5, 0.6) is 0 Å². The molecule has 0 atom stereocenters. The number of carbonyl (C=O) groups is 1. The zero-order valence-corrected chi connectivity index (χ0v) is 9.34. The van der Waals surface area contributed by atoms with Crippen molar-refractivity contribution in [3.8, 4) is 0 Å². The van der Waals surface area contributed by atoms with Crippen LogP contribution in [-0.2, 0) is 4.74 Å². The van der Waals surface area contributed by atoms with Gasteiger partial charge in [-0.25, -0.2) is 9.18 Å². The standard InChI is InChI=1S/C11H15FN2O2/c1-13-5-6-14-8-3-4-9(10(12)7-8)11(15)16-2/h3-4,7,13-14H,5-6H2,1-2H3. The summed E-state index contributed by atoms with van der Waals surface area (Å²) in [6.07, 6.45) is 0. The predicted molar refractivity (Wildman–Crippen MR) is 60.2 cm³/mol. The molecule has 88 valence electrons. The van der Waals surface area contributed by atoms with Gasteiger partial charge in [0.15, 0.2) is 0 Å². The van der Waals surface area contributed by atoms with E-state index in [1.807, 2.05) is 7.05 Å². The topological polar surface area (TPSA) is 50.4 Å². The van der Waals surface area contributed by atoms with Crippen LogP contribution in [-0.4, -0.2) is 33.2 Å². The molecule has 0 unspecified atom stereocenters. The summed E-state index contributed by atoms with van der Waals surface area (Å²) in [6.45, 7) is 1.47. The fraction of sp³-hybridized carbons (Fsp3) is 0.364. The zero-order valence-electron chi connectivity index (χ0n) is 9.34. The van der Waals surface area contributed by atoms with Crippen molar-refractivity contribution >= 4 is 11.7 Å². The molecular formula is C11H15FN2O2. The summed E-state index contributed by atoms with van der Waals surface area (Å²) in [5, 5.41) is 5.98. The number of likely N-dealkylation sites (N-methyl/N-ethyl adjacent to an activating group) is 1. The van der Waals surface area contributed by atoms with Gasteiger partial charge in [0.25, 0.3) is 0 Å². The Kier molecular flexibility index (Phi) is 4.72. The van der Waals surface area contributed by atoms with Crippen LogP contribution in [0.15, 0.2) is 18.2 Å². The molecule has 16 heavy (non-hydrogen) atoms. The second-order valence-corrected chi connectivity index (χ2v) is 3.22. The molecule has 0 saturated heterocycles. The molecule has 0 aliphatic heterocycles. The molecule has 0 aromatic heterocycles. The van der Waals surface area contributed by atoms with E-state index in [0.717, 1.165) is 6.54 Å². The molecule has 5 heteroatoms. The van der Waals surface area contributed by atoms with Gasteiger partial charge in [-0.15, -0.1) is 0 Å². The minimum atomic E-state index is -0.667. The monoisotopic (exact) mass is 226 g/mol. The van der Waals surface area contributed by atoms with Crippen LogP contribution in [0, 0.1) is 5.82 Å². The number of hydrogen-bond acceptors (Lipinski definition) is 4. The van der Waals surface area contributed by atoms with E-state index in [1.54, 1.807) is 6.07 Å². The second-order valence-electron chi connectivity index (χ2n) is 3.22. The van der Waals surface area contributed by atoms with E-state index in [4.69, 9.17) is 0 Å². The molecule has 1 aromatic rings. The highest BCUT2D eigenvalue weighted by atomic mass is 19.1. The molecule has 0 bridgehead atoms. The summed E-state index contributed by atoms with van der Waals surface area (Å²) in [5.74, 6) is -1.25. The molecule has 0 radical (unpaired) electrons. The van der Waals surface area contributed by atoms with Crippen LogP contribution in [0.2, 0.25) is 0 Å². The first-order valence-electron chi connectivity index (χ1n) is 4.95. The molecule has 1 aromatic carbocycles. The Morgan fingerprint density at radius 2 is 2.19 bits per heavy atom. The summed E-state index contributed by atoms with van der Waals surface area (Å²) in [6, 6.07) is 4.33. The molecule has 0 fully saturated rings. The highest BCUT2D eigenvalue weighted by Crippen LogP contribution is 2.14. The van der Waals surface area contributed by atoms with Gasteiger partial charge in [-0.2, -0.15) is 0 Å². The minimum absolute atomic E-state index is 0.0540. The van der Waals surface area contributed by atoms with Crippen LogP contribution in [0.4, 0.5) is 10.1 Å². The Labute approximate surface area is 93.8 Å². The first-order valence-corrected chi connectivity index (χ1v) is 4.95. The smallest absolute Gasteiger partial charge is 0.340 e. The number of anilines is 1. The fourth-order valence-electron chi connectivity index (χ4n) is 1.23. The van der Waals surface area contributed by atoms with Gasteiger partial charge in [0.2, 0.25) is 0 Å². The van der Waals surface area contributed by atoms with Crippen molar-refractivity contribution in [2.45, 2.75) is 0 Å². The summed E-state index contributed by atoms with van der Waals surface area (Å²) >= 11 is 0. The third kappa shape index (κ3) is 3.20. The molecule has 0 saturated carbocycles. The third-order valence-electron chi connectivity index (χ3n) is 2.08. The maximum absolute atomic E-state index is 13.4. The molecule has 0 amide bonds. The Hall–Kier alpha value is -1.62. The number of hydrogen-bond donors (Lipinski definition) is 2. The van der Waals surface area contributed by atoms with Gasteiger partial charge in [0.1, 0.15) is 5.82 Å². The van der Waals surface area contributed by atoms with Crippen molar-refractivity contribution in [2.75, 3.05) is 32.6 Å². The number of halogens is 1. The lowest BCUT2D eigenvalue weighted by atomic mass is 10.2. The number of esters is 1. The van der Waals surface area contributed by atoms with Gasteiger partial charge in [0.05, 0.1) is 12.7 Å². The number of ether oxygens (including phenoxy) is 1. The Morgan fingerprint density at radius 1 is 1.44 bits per heavy atom. The van der Waals surface area contributed by atoms with Crippen LogP contribution < -0.4 is 10.6 Å². The first-order chi connectivity index (χ1) is 7.69. The van der Waals surface area contributed by atoms with Gasteiger partial charge < -0.3 is 15.4 Å². The molecule has 0 aliphatic carbocycles. The van der Waals surface area contributed by atoms with Crippen LogP contribution >= 0.6 is 0 Å². The molecule has 0 heterocycles.